The molecular weight excluding hydrogens is 412 g/mol. The van der Waals surface area contributed by atoms with Gasteiger partial charge in [-0.2, -0.15) is 0 Å². The molecule has 2 aromatic heterocycles. The van der Waals surface area contributed by atoms with Crippen molar-refractivity contribution in [3.63, 3.8) is 0 Å². The summed E-state index contributed by atoms with van der Waals surface area (Å²) in [5.41, 5.74) is 1.34. The van der Waals surface area contributed by atoms with Crippen molar-refractivity contribution in [3.05, 3.63) is 46.2 Å². The Morgan fingerprint density at radius 1 is 1.13 bits per heavy atom. The SMILES string of the molecule is Cn1c(N2CCCC2)nc2sc(N3CCC[C@@H]3C(=O)NCc3ccccc3)nc2c1=O. The molecule has 1 N–H and O–H groups in total. The Morgan fingerprint density at radius 2 is 1.90 bits per heavy atom. The second-order valence-corrected chi connectivity index (χ2v) is 9.13. The molecule has 2 aliphatic rings. The van der Waals surface area contributed by atoms with E-state index in [1.54, 1.807) is 11.6 Å². The highest BCUT2D eigenvalue weighted by Crippen LogP contribution is 2.32. The van der Waals surface area contributed by atoms with E-state index < -0.39 is 0 Å². The number of hydrogen-bond donors (Lipinski definition) is 1. The third-order valence-electron chi connectivity index (χ3n) is 6.11. The first kappa shape index (κ1) is 20.0. The number of carbonyl (C=O) groups excluding carboxylic acids is 1. The van der Waals surface area contributed by atoms with Crippen molar-refractivity contribution in [3.8, 4) is 0 Å². The van der Waals surface area contributed by atoms with Crippen LogP contribution >= 0.6 is 11.3 Å². The number of rotatable bonds is 5. The highest BCUT2D eigenvalue weighted by molar-refractivity contribution is 7.21. The van der Waals surface area contributed by atoms with Crippen molar-refractivity contribution in [2.75, 3.05) is 29.4 Å². The zero-order valence-electron chi connectivity index (χ0n) is 17.6. The van der Waals surface area contributed by atoms with Crippen molar-refractivity contribution in [2.24, 2.45) is 7.05 Å². The van der Waals surface area contributed by atoms with Crippen LogP contribution in [0.5, 0.6) is 0 Å². The van der Waals surface area contributed by atoms with Gasteiger partial charge in [0.2, 0.25) is 11.9 Å². The average molecular weight is 439 g/mol. The minimum absolute atomic E-state index is 0.000716. The maximum absolute atomic E-state index is 13.0. The molecule has 0 aliphatic carbocycles. The van der Waals surface area contributed by atoms with Gasteiger partial charge in [0.15, 0.2) is 15.5 Å². The molecule has 162 valence electrons. The van der Waals surface area contributed by atoms with Gasteiger partial charge in [0.05, 0.1) is 0 Å². The Balaban J connectivity index is 1.39. The summed E-state index contributed by atoms with van der Waals surface area (Å²) in [6.45, 7) is 3.11. The number of nitrogens with one attached hydrogen (secondary N) is 1. The lowest BCUT2D eigenvalue weighted by Crippen LogP contribution is -2.43. The predicted molar refractivity (Wildman–Crippen MR) is 123 cm³/mol. The number of hydrogen-bond acceptors (Lipinski definition) is 7. The number of carbonyl (C=O) groups is 1. The molecule has 8 nitrogen and oxygen atoms in total. The first-order valence-electron chi connectivity index (χ1n) is 10.8. The third kappa shape index (κ3) is 3.78. The standard InChI is InChI=1S/C22H26N6O2S/c1-26-20(30)17-19(25-21(26)27-11-5-6-12-27)31-22(24-17)28-13-7-10-16(28)18(29)23-14-15-8-3-2-4-9-15/h2-4,8-9,16H,5-7,10-14H2,1H3,(H,23,29)/t16-/m1/s1. The van der Waals surface area contributed by atoms with E-state index in [9.17, 15) is 9.59 Å². The molecule has 2 saturated heterocycles. The Kier molecular flexibility index (Phi) is 5.35. The zero-order valence-corrected chi connectivity index (χ0v) is 18.4. The summed E-state index contributed by atoms with van der Waals surface area (Å²) >= 11 is 1.41. The van der Waals surface area contributed by atoms with Gasteiger partial charge in [-0.05, 0) is 31.2 Å². The number of nitrogens with zero attached hydrogens (tertiary/aromatic N) is 5. The number of benzene rings is 1. The minimum Gasteiger partial charge on any atom is -0.350 e. The fourth-order valence-corrected chi connectivity index (χ4v) is 5.43. The topological polar surface area (TPSA) is 83.4 Å². The molecule has 0 radical (unpaired) electrons. The van der Waals surface area contributed by atoms with Crippen LogP contribution in [0, 0.1) is 0 Å². The van der Waals surface area contributed by atoms with Gasteiger partial charge in [-0.1, -0.05) is 41.7 Å². The Morgan fingerprint density at radius 3 is 2.68 bits per heavy atom. The molecule has 0 bridgehead atoms. The van der Waals surface area contributed by atoms with Gasteiger partial charge in [-0.15, -0.1) is 0 Å². The van der Waals surface area contributed by atoms with Crippen LogP contribution in [0.2, 0.25) is 0 Å². The van der Waals surface area contributed by atoms with Gasteiger partial charge in [0.1, 0.15) is 6.04 Å². The van der Waals surface area contributed by atoms with Crippen molar-refractivity contribution in [2.45, 2.75) is 38.3 Å². The first-order valence-corrected chi connectivity index (χ1v) is 11.6. The number of fused-ring (bicyclic) bond motifs is 1. The molecule has 1 atom stereocenters. The van der Waals surface area contributed by atoms with Crippen molar-refractivity contribution in [1.82, 2.24) is 19.9 Å². The second kappa shape index (κ2) is 8.30. The van der Waals surface area contributed by atoms with E-state index in [2.05, 4.69) is 15.2 Å². The van der Waals surface area contributed by atoms with E-state index in [0.717, 1.165) is 50.9 Å². The molecule has 0 spiro atoms. The average Bonchev–Trinajstić information content (AvgIpc) is 3.55. The van der Waals surface area contributed by atoms with Crippen LogP contribution < -0.4 is 20.7 Å². The molecular formula is C22H26N6O2S. The quantitative estimate of drug-likeness (QED) is 0.658. The molecule has 1 aromatic carbocycles. The van der Waals surface area contributed by atoms with Crippen molar-refractivity contribution in [1.29, 1.82) is 0 Å². The van der Waals surface area contributed by atoms with E-state index >= 15 is 0 Å². The fourth-order valence-electron chi connectivity index (χ4n) is 4.43. The van der Waals surface area contributed by atoms with Crippen molar-refractivity contribution < 1.29 is 4.79 Å². The minimum atomic E-state index is -0.272. The fraction of sp³-hybridized carbons (Fsp3) is 0.455. The predicted octanol–water partition coefficient (Wildman–Crippen LogP) is 2.28. The maximum atomic E-state index is 13.0. The highest BCUT2D eigenvalue weighted by atomic mass is 32.1. The van der Waals surface area contributed by atoms with Gasteiger partial charge < -0.3 is 15.1 Å². The largest absolute Gasteiger partial charge is 0.350 e. The van der Waals surface area contributed by atoms with E-state index in [4.69, 9.17) is 4.98 Å². The summed E-state index contributed by atoms with van der Waals surface area (Å²) in [5, 5.41) is 3.75. The first-order chi connectivity index (χ1) is 15.1. The van der Waals surface area contributed by atoms with Gasteiger partial charge in [-0.3, -0.25) is 14.2 Å². The molecule has 31 heavy (non-hydrogen) atoms. The summed E-state index contributed by atoms with van der Waals surface area (Å²) in [6.07, 6.45) is 3.94. The van der Waals surface area contributed by atoms with E-state index in [1.165, 1.54) is 11.3 Å². The lowest BCUT2D eigenvalue weighted by molar-refractivity contribution is -0.122. The molecule has 1 amide bonds. The number of thiazole rings is 1. The Hall–Kier alpha value is -2.94. The molecule has 3 aromatic rings. The molecule has 0 unspecified atom stereocenters. The van der Waals surface area contributed by atoms with Crippen LogP contribution in [-0.2, 0) is 18.4 Å². The Labute approximate surface area is 184 Å². The van der Waals surface area contributed by atoms with E-state index in [1.807, 2.05) is 35.2 Å². The molecule has 9 heteroatoms. The van der Waals surface area contributed by atoms with Crippen LogP contribution in [0.3, 0.4) is 0 Å². The van der Waals surface area contributed by atoms with Gasteiger partial charge >= 0.3 is 0 Å². The van der Waals surface area contributed by atoms with Crippen LogP contribution in [0.1, 0.15) is 31.2 Å². The molecule has 5 rings (SSSR count). The summed E-state index contributed by atoms with van der Waals surface area (Å²) in [7, 11) is 1.76. The lowest BCUT2D eigenvalue weighted by atomic mass is 10.2. The van der Waals surface area contributed by atoms with Crippen LogP contribution in [0.25, 0.3) is 10.3 Å². The number of anilines is 2. The number of amides is 1. The van der Waals surface area contributed by atoms with Crippen LogP contribution in [0.15, 0.2) is 35.1 Å². The summed E-state index contributed by atoms with van der Waals surface area (Å²) in [5.74, 6) is 0.711. The third-order valence-corrected chi connectivity index (χ3v) is 7.09. The zero-order chi connectivity index (χ0) is 21.4. The maximum Gasteiger partial charge on any atom is 0.282 e. The smallest absolute Gasteiger partial charge is 0.282 e. The summed E-state index contributed by atoms with van der Waals surface area (Å²) in [4.78, 5) is 40.1. The van der Waals surface area contributed by atoms with Crippen LogP contribution in [0.4, 0.5) is 11.1 Å². The normalized spacial score (nSPS) is 18.8. The second-order valence-electron chi connectivity index (χ2n) is 8.18. The molecule has 0 saturated carbocycles. The summed E-state index contributed by atoms with van der Waals surface area (Å²) in [6, 6.07) is 9.62. The van der Waals surface area contributed by atoms with Gasteiger partial charge in [0, 0.05) is 33.2 Å². The van der Waals surface area contributed by atoms with Crippen LogP contribution in [-0.4, -0.2) is 46.1 Å². The highest BCUT2D eigenvalue weighted by Gasteiger charge is 2.33. The molecule has 2 aliphatic heterocycles. The summed E-state index contributed by atoms with van der Waals surface area (Å²) < 4.78 is 1.60. The monoisotopic (exact) mass is 438 g/mol. The lowest BCUT2D eigenvalue weighted by Gasteiger charge is -2.23. The van der Waals surface area contributed by atoms with E-state index in [0.29, 0.717) is 28.0 Å². The molecule has 4 heterocycles. The molecule has 2 fully saturated rings. The van der Waals surface area contributed by atoms with Crippen molar-refractivity contribution >= 4 is 38.7 Å². The van der Waals surface area contributed by atoms with E-state index in [-0.39, 0.29) is 17.5 Å². The Bertz CT molecular complexity index is 1150. The van der Waals surface area contributed by atoms with Gasteiger partial charge in [-0.25, -0.2) is 9.97 Å². The van der Waals surface area contributed by atoms with Gasteiger partial charge in [0.25, 0.3) is 5.56 Å². The number of aromatic nitrogens is 3.